The fraction of sp³-hybridized carbons (Fsp3) is 0.672. The van der Waals surface area contributed by atoms with Crippen molar-refractivity contribution in [1.29, 1.82) is 0 Å². The predicted molar refractivity (Wildman–Crippen MR) is 274 cm³/mol. The van der Waals surface area contributed by atoms with Gasteiger partial charge in [0.15, 0.2) is 6.10 Å². The molecule has 6 nitrogen and oxygen atoms in total. The van der Waals surface area contributed by atoms with Gasteiger partial charge in [-0.05, 0) is 96.3 Å². The first-order valence-electron chi connectivity index (χ1n) is 26.2. The number of carbonyl (C=O) groups excluding carboxylic acids is 3. The maximum Gasteiger partial charge on any atom is 0.306 e. The minimum Gasteiger partial charge on any atom is -0.462 e. The molecule has 0 saturated carbocycles. The first kappa shape index (κ1) is 60.3. The van der Waals surface area contributed by atoms with E-state index in [-0.39, 0.29) is 37.5 Å². The van der Waals surface area contributed by atoms with Crippen LogP contribution in [0.5, 0.6) is 0 Å². The smallest absolute Gasteiger partial charge is 0.306 e. The molecular formula is C58H96O6. The second-order valence-corrected chi connectivity index (χ2v) is 17.1. The molecule has 0 radical (unpaired) electrons. The number of allylic oxidation sites excluding steroid dienone is 16. The number of hydrogen-bond donors (Lipinski definition) is 0. The lowest BCUT2D eigenvalue weighted by Gasteiger charge is -2.18. The number of ether oxygens (including phenoxy) is 3. The molecule has 0 aromatic carbocycles. The van der Waals surface area contributed by atoms with Crippen molar-refractivity contribution in [3.63, 3.8) is 0 Å². The van der Waals surface area contributed by atoms with Crippen molar-refractivity contribution in [3.8, 4) is 0 Å². The summed E-state index contributed by atoms with van der Waals surface area (Å²) < 4.78 is 16.7. The Bertz CT molecular complexity index is 1300. The molecular weight excluding hydrogens is 793 g/mol. The van der Waals surface area contributed by atoms with Gasteiger partial charge in [0.1, 0.15) is 13.2 Å². The SMILES string of the molecule is CC/C=C\C/C=C\C/C=C\C/C=C\CCCCCCCCC(=O)OCC(COC(=O)CCCCCCCCCCCC)OC(=O)CCC/C=C\C/C=C\C/C=C\C/C=C\CCCCC. The summed E-state index contributed by atoms with van der Waals surface area (Å²) in [6.45, 7) is 6.42. The monoisotopic (exact) mass is 889 g/mol. The molecule has 0 rings (SSSR count). The summed E-state index contributed by atoms with van der Waals surface area (Å²) >= 11 is 0. The normalized spacial score (nSPS) is 12.9. The lowest BCUT2D eigenvalue weighted by Crippen LogP contribution is -2.30. The van der Waals surface area contributed by atoms with Crippen molar-refractivity contribution in [1.82, 2.24) is 0 Å². The Balaban J connectivity index is 4.46. The van der Waals surface area contributed by atoms with E-state index < -0.39 is 6.10 Å². The van der Waals surface area contributed by atoms with Gasteiger partial charge in [-0.25, -0.2) is 0 Å². The van der Waals surface area contributed by atoms with Crippen LogP contribution < -0.4 is 0 Å². The van der Waals surface area contributed by atoms with Crippen LogP contribution in [-0.2, 0) is 28.6 Å². The zero-order valence-corrected chi connectivity index (χ0v) is 41.5. The second kappa shape index (κ2) is 52.0. The van der Waals surface area contributed by atoms with Crippen LogP contribution in [0.15, 0.2) is 97.2 Å². The molecule has 0 aromatic rings. The van der Waals surface area contributed by atoms with Crippen molar-refractivity contribution in [2.45, 2.75) is 239 Å². The summed E-state index contributed by atoms with van der Waals surface area (Å²) in [4.78, 5) is 37.9. The second-order valence-electron chi connectivity index (χ2n) is 17.1. The maximum absolute atomic E-state index is 12.8. The summed E-state index contributed by atoms with van der Waals surface area (Å²) in [7, 11) is 0. The molecule has 364 valence electrons. The van der Waals surface area contributed by atoms with E-state index in [1.165, 1.54) is 83.5 Å². The molecule has 1 unspecified atom stereocenters. The number of carbonyl (C=O) groups is 3. The highest BCUT2D eigenvalue weighted by molar-refractivity contribution is 5.71. The lowest BCUT2D eigenvalue weighted by atomic mass is 10.1. The van der Waals surface area contributed by atoms with Crippen LogP contribution in [0.2, 0.25) is 0 Å². The molecule has 0 aliphatic carbocycles. The van der Waals surface area contributed by atoms with Gasteiger partial charge in [0.25, 0.3) is 0 Å². The minimum absolute atomic E-state index is 0.103. The van der Waals surface area contributed by atoms with E-state index in [0.29, 0.717) is 19.3 Å². The summed E-state index contributed by atoms with van der Waals surface area (Å²) in [6.07, 6.45) is 68.2. The van der Waals surface area contributed by atoms with Crippen LogP contribution >= 0.6 is 0 Å². The quantitative estimate of drug-likeness (QED) is 0.0262. The van der Waals surface area contributed by atoms with Crippen LogP contribution in [0.4, 0.5) is 0 Å². The van der Waals surface area contributed by atoms with Gasteiger partial charge in [-0.2, -0.15) is 0 Å². The van der Waals surface area contributed by atoms with Gasteiger partial charge in [-0.3, -0.25) is 14.4 Å². The fourth-order valence-corrected chi connectivity index (χ4v) is 6.90. The molecule has 64 heavy (non-hydrogen) atoms. The first-order chi connectivity index (χ1) is 31.5. The highest BCUT2D eigenvalue weighted by Gasteiger charge is 2.19. The molecule has 0 N–H and O–H groups in total. The summed E-state index contributed by atoms with van der Waals surface area (Å²) in [5.41, 5.74) is 0. The van der Waals surface area contributed by atoms with Crippen LogP contribution in [0.3, 0.4) is 0 Å². The molecule has 0 aliphatic rings. The number of esters is 3. The molecule has 0 fully saturated rings. The average molecular weight is 889 g/mol. The van der Waals surface area contributed by atoms with E-state index >= 15 is 0 Å². The van der Waals surface area contributed by atoms with Crippen LogP contribution in [-0.4, -0.2) is 37.2 Å². The van der Waals surface area contributed by atoms with Gasteiger partial charge < -0.3 is 14.2 Å². The largest absolute Gasteiger partial charge is 0.462 e. The topological polar surface area (TPSA) is 78.9 Å². The Morgan fingerprint density at radius 1 is 0.328 bits per heavy atom. The van der Waals surface area contributed by atoms with Gasteiger partial charge in [-0.15, -0.1) is 0 Å². The standard InChI is InChI=1S/C58H96O6/c1-4-7-10-13-16-19-22-24-26-28-29-31-32-34-36-39-42-45-48-51-57(60)63-54-55(53-62-56(59)50-47-44-41-38-21-18-15-12-9-6-3)64-58(61)52-49-46-43-40-37-35-33-30-27-25-23-20-17-14-11-8-5-2/h7,10,16-17,19-20,24-27,29,31,33,35,40,43,55H,4-6,8-9,11-15,18,21-23,28,30,32,34,36-39,41-42,44-54H2,1-3H3/b10-7-,19-16-,20-17-,26-24-,27-25-,31-29-,35-33-,43-40-. The van der Waals surface area contributed by atoms with Crippen molar-refractivity contribution < 1.29 is 28.6 Å². The van der Waals surface area contributed by atoms with Crippen molar-refractivity contribution in [2.24, 2.45) is 0 Å². The van der Waals surface area contributed by atoms with Gasteiger partial charge >= 0.3 is 17.9 Å². The molecule has 0 aliphatic heterocycles. The van der Waals surface area contributed by atoms with Gasteiger partial charge in [0, 0.05) is 19.3 Å². The highest BCUT2D eigenvalue weighted by Crippen LogP contribution is 2.13. The van der Waals surface area contributed by atoms with Crippen molar-refractivity contribution in [3.05, 3.63) is 97.2 Å². The van der Waals surface area contributed by atoms with E-state index in [2.05, 4.69) is 118 Å². The maximum atomic E-state index is 12.8. The number of unbranched alkanes of at least 4 members (excludes halogenated alkanes) is 19. The Hall–Kier alpha value is -3.67. The van der Waals surface area contributed by atoms with Gasteiger partial charge in [0.05, 0.1) is 0 Å². The van der Waals surface area contributed by atoms with Gasteiger partial charge in [0.2, 0.25) is 0 Å². The molecule has 0 saturated heterocycles. The molecule has 0 aromatic heterocycles. The molecule has 0 amide bonds. The van der Waals surface area contributed by atoms with Crippen LogP contribution in [0.1, 0.15) is 233 Å². The summed E-state index contributed by atoms with van der Waals surface area (Å²) in [5, 5.41) is 0. The van der Waals surface area contributed by atoms with Crippen LogP contribution in [0, 0.1) is 0 Å². The van der Waals surface area contributed by atoms with Gasteiger partial charge in [-0.1, -0.05) is 214 Å². The van der Waals surface area contributed by atoms with E-state index in [1.54, 1.807) is 0 Å². The van der Waals surface area contributed by atoms with E-state index in [0.717, 1.165) is 103 Å². The summed E-state index contributed by atoms with van der Waals surface area (Å²) in [5.74, 6) is -0.979. The molecule has 1 atom stereocenters. The Morgan fingerprint density at radius 3 is 1.03 bits per heavy atom. The molecule has 0 spiro atoms. The molecule has 0 heterocycles. The van der Waals surface area contributed by atoms with Crippen molar-refractivity contribution >= 4 is 17.9 Å². The Labute approximate surface area is 394 Å². The van der Waals surface area contributed by atoms with E-state index in [1.807, 2.05) is 0 Å². The third-order valence-electron chi connectivity index (χ3n) is 10.8. The van der Waals surface area contributed by atoms with Crippen molar-refractivity contribution in [2.75, 3.05) is 13.2 Å². The number of hydrogen-bond acceptors (Lipinski definition) is 6. The zero-order chi connectivity index (χ0) is 46.5. The average Bonchev–Trinajstić information content (AvgIpc) is 3.29. The minimum atomic E-state index is -0.810. The van der Waals surface area contributed by atoms with Crippen LogP contribution in [0.25, 0.3) is 0 Å². The summed E-state index contributed by atoms with van der Waals surface area (Å²) in [6, 6.07) is 0. The third-order valence-corrected chi connectivity index (χ3v) is 10.8. The lowest BCUT2D eigenvalue weighted by molar-refractivity contribution is -0.167. The van der Waals surface area contributed by atoms with E-state index in [4.69, 9.17) is 14.2 Å². The van der Waals surface area contributed by atoms with E-state index in [9.17, 15) is 14.4 Å². The number of rotatable bonds is 46. The third kappa shape index (κ3) is 49.3. The first-order valence-corrected chi connectivity index (χ1v) is 26.2. The molecule has 0 bridgehead atoms. The molecule has 6 heteroatoms. The zero-order valence-electron chi connectivity index (χ0n) is 41.5. The Morgan fingerprint density at radius 2 is 0.625 bits per heavy atom. The highest BCUT2D eigenvalue weighted by atomic mass is 16.6. The fourth-order valence-electron chi connectivity index (χ4n) is 6.90. The predicted octanol–water partition coefficient (Wildman–Crippen LogP) is 17.4. The Kier molecular flexibility index (Phi) is 49.0.